The van der Waals surface area contributed by atoms with Gasteiger partial charge in [0.1, 0.15) is 13.2 Å². The van der Waals surface area contributed by atoms with Crippen LogP contribution in [0.2, 0.25) is 0 Å². The molecule has 0 N–H and O–H groups in total. The van der Waals surface area contributed by atoms with Crippen LogP contribution < -0.4 is 0 Å². The molecular formula is C56H98O6. The molecule has 0 saturated carbocycles. The van der Waals surface area contributed by atoms with Crippen LogP contribution >= 0.6 is 0 Å². The van der Waals surface area contributed by atoms with E-state index in [9.17, 15) is 14.4 Å². The molecule has 0 amide bonds. The lowest BCUT2D eigenvalue weighted by Gasteiger charge is -2.18. The average molecular weight is 867 g/mol. The van der Waals surface area contributed by atoms with E-state index >= 15 is 0 Å². The number of rotatable bonds is 47. The van der Waals surface area contributed by atoms with Crippen molar-refractivity contribution in [3.05, 3.63) is 60.8 Å². The second-order valence-electron chi connectivity index (χ2n) is 17.4. The average Bonchev–Trinajstić information content (AvgIpc) is 3.27. The van der Waals surface area contributed by atoms with Crippen molar-refractivity contribution in [1.29, 1.82) is 0 Å². The largest absolute Gasteiger partial charge is 0.462 e. The lowest BCUT2D eigenvalue weighted by atomic mass is 10.0. The molecule has 0 fully saturated rings. The third-order valence-corrected chi connectivity index (χ3v) is 11.3. The van der Waals surface area contributed by atoms with E-state index in [1.165, 1.54) is 135 Å². The summed E-state index contributed by atoms with van der Waals surface area (Å²) in [5.74, 6) is -0.957. The number of carbonyl (C=O) groups excluding carboxylic acids is 3. The molecule has 0 bridgehead atoms. The molecule has 1 atom stereocenters. The van der Waals surface area contributed by atoms with Gasteiger partial charge in [-0.15, -0.1) is 0 Å². The third-order valence-electron chi connectivity index (χ3n) is 11.3. The van der Waals surface area contributed by atoms with Crippen LogP contribution in [-0.2, 0) is 28.6 Å². The highest BCUT2D eigenvalue weighted by molar-refractivity contribution is 5.71. The Morgan fingerprint density at radius 2 is 0.629 bits per heavy atom. The molecule has 6 heteroatoms. The molecule has 358 valence electrons. The molecule has 0 aromatic carbocycles. The Morgan fingerprint density at radius 1 is 0.339 bits per heavy atom. The minimum atomic E-state index is -0.798. The van der Waals surface area contributed by atoms with Gasteiger partial charge in [-0.05, 0) is 57.8 Å². The lowest BCUT2D eigenvalue weighted by molar-refractivity contribution is -0.167. The summed E-state index contributed by atoms with van der Waals surface area (Å²) in [5, 5.41) is 0. The molecule has 62 heavy (non-hydrogen) atoms. The molecule has 0 aromatic heterocycles. The Bertz CT molecular complexity index is 1130. The fourth-order valence-corrected chi connectivity index (χ4v) is 7.36. The first-order valence-corrected chi connectivity index (χ1v) is 26.3. The van der Waals surface area contributed by atoms with Crippen LogP contribution in [-0.4, -0.2) is 37.2 Å². The maximum absolute atomic E-state index is 12.7. The van der Waals surface area contributed by atoms with Crippen molar-refractivity contribution in [3.8, 4) is 0 Å². The van der Waals surface area contributed by atoms with Crippen LogP contribution in [0, 0.1) is 0 Å². The van der Waals surface area contributed by atoms with E-state index in [1.54, 1.807) is 0 Å². The standard InChI is InChI=1S/C56H98O6/c1-4-7-10-13-16-18-20-22-24-26-27-28-29-31-32-34-36-38-40-43-46-49-55(58)61-52-53(51-60-54(57)48-45-42-15-12-9-6-3)62-56(59)50-47-44-41-39-37-35-33-30-25-23-21-19-17-14-11-8-5-2/h8,11,17,19,23,25,33,35,39,41,53H,4-7,9-10,12-16,18,20-22,24,26-32,34,36-38,40,42-52H2,1-3H3/b11-8-,19-17-,25-23-,35-33-,41-39-. The molecule has 0 rings (SSSR count). The van der Waals surface area contributed by atoms with Gasteiger partial charge in [-0.2, -0.15) is 0 Å². The first-order chi connectivity index (χ1) is 30.5. The van der Waals surface area contributed by atoms with E-state index in [0.717, 1.165) is 77.0 Å². The first-order valence-electron chi connectivity index (χ1n) is 26.3. The summed E-state index contributed by atoms with van der Waals surface area (Å²) in [5.41, 5.74) is 0. The van der Waals surface area contributed by atoms with Crippen LogP contribution in [0.4, 0.5) is 0 Å². The number of ether oxygens (including phenoxy) is 3. The second-order valence-corrected chi connectivity index (χ2v) is 17.4. The smallest absolute Gasteiger partial charge is 0.306 e. The summed E-state index contributed by atoms with van der Waals surface area (Å²) in [6.45, 7) is 6.43. The molecule has 0 spiro atoms. The first kappa shape index (κ1) is 59.1. The predicted octanol–water partition coefficient (Wildman–Crippen LogP) is 17.3. The van der Waals surface area contributed by atoms with E-state index in [0.29, 0.717) is 19.3 Å². The van der Waals surface area contributed by atoms with E-state index < -0.39 is 6.10 Å². The number of unbranched alkanes of at least 4 members (excludes halogenated alkanes) is 26. The van der Waals surface area contributed by atoms with E-state index in [-0.39, 0.29) is 37.5 Å². The Balaban J connectivity index is 4.23. The summed E-state index contributed by atoms with van der Waals surface area (Å²) in [6.07, 6.45) is 62.5. The van der Waals surface area contributed by atoms with Gasteiger partial charge in [-0.25, -0.2) is 0 Å². The molecule has 0 saturated heterocycles. The summed E-state index contributed by atoms with van der Waals surface area (Å²) in [6, 6.07) is 0. The Kier molecular flexibility index (Phi) is 48.4. The maximum Gasteiger partial charge on any atom is 0.306 e. The highest BCUT2D eigenvalue weighted by Crippen LogP contribution is 2.16. The van der Waals surface area contributed by atoms with Gasteiger partial charge in [0, 0.05) is 19.3 Å². The van der Waals surface area contributed by atoms with Crippen molar-refractivity contribution in [2.24, 2.45) is 0 Å². The molecule has 0 aliphatic carbocycles. The van der Waals surface area contributed by atoms with E-state index in [4.69, 9.17) is 14.2 Å². The zero-order valence-electron chi connectivity index (χ0n) is 40.9. The zero-order valence-corrected chi connectivity index (χ0v) is 40.9. The van der Waals surface area contributed by atoms with Crippen LogP contribution in [0.25, 0.3) is 0 Å². The SMILES string of the molecule is CC/C=C\C/C=C\C/C=C\C/C=C\C/C=C\CCCC(=O)OC(COC(=O)CCCCCCCC)COC(=O)CCCCCCCCCCCCCCCCCCCCCCC. The highest BCUT2D eigenvalue weighted by atomic mass is 16.6. The fourth-order valence-electron chi connectivity index (χ4n) is 7.36. The van der Waals surface area contributed by atoms with Crippen molar-refractivity contribution < 1.29 is 28.6 Å². The minimum absolute atomic E-state index is 0.0943. The summed E-state index contributed by atoms with van der Waals surface area (Å²) < 4.78 is 16.7. The molecule has 0 aliphatic heterocycles. The number of hydrogen-bond acceptors (Lipinski definition) is 6. The van der Waals surface area contributed by atoms with E-state index in [1.807, 2.05) is 0 Å². The Morgan fingerprint density at radius 3 is 0.968 bits per heavy atom. The van der Waals surface area contributed by atoms with Crippen molar-refractivity contribution in [2.75, 3.05) is 13.2 Å². The number of esters is 3. The van der Waals surface area contributed by atoms with Crippen molar-refractivity contribution in [2.45, 2.75) is 264 Å². The number of hydrogen-bond donors (Lipinski definition) is 0. The lowest BCUT2D eigenvalue weighted by Crippen LogP contribution is -2.30. The van der Waals surface area contributed by atoms with E-state index in [2.05, 4.69) is 81.5 Å². The van der Waals surface area contributed by atoms with Crippen LogP contribution in [0.15, 0.2) is 60.8 Å². The summed E-state index contributed by atoms with van der Waals surface area (Å²) >= 11 is 0. The Labute approximate surface area is 383 Å². The van der Waals surface area contributed by atoms with Gasteiger partial charge in [0.15, 0.2) is 6.10 Å². The topological polar surface area (TPSA) is 78.9 Å². The maximum atomic E-state index is 12.7. The highest BCUT2D eigenvalue weighted by Gasteiger charge is 2.19. The molecular weight excluding hydrogens is 769 g/mol. The van der Waals surface area contributed by atoms with Crippen LogP contribution in [0.5, 0.6) is 0 Å². The van der Waals surface area contributed by atoms with Gasteiger partial charge in [0.2, 0.25) is 0 Å². The van der Waals surface area contributed by atoms with Crippen molar-refractivity contribution >= 4 is 17.9 Å². The molecule has 0 radical (unpaired) electrons. The minimum Gasteiger partial charge on any atom is -0.462 e. The van der Waals surface area contributed by atoms with Crippen molar-refractivity contribution in [1.82, 2.24) is 0 Å². The fraction of sp³-hybridized carbons (Fsp3) is 0.768. The van der Waals surface area contributed by atoms with Gasteiger partial charge in [-0.1, -0.05) is 242 Å². The second kappa shape index (κ2) is 50.8. The van der Waals surface area contributed by atoms with Crippen LogP contribution in [0.3, 0.4) is 0 Å². The van der Waals surface area contributed by atoms with Gasteiger partial charge in [0.05, 0.1) is 0 Å². The summed E-state index contributed by atoms with van der Waals surface area (Å²) in [4.78, 5) is 37.7. The molecule has 6 nitrogen and oxygen atoms in total. The van der Waals surface area contributed by atoms with Gasteiger partial charge >= 0.3 is 17.9 Å². The quantitative estimate of drug-likeness (QED) is 0.0262. The van der Waals surface area contributed by atoms with Crippen molar-refractivity contribution in [3.63, 3.8) is 0 Å². The molecule has 1 unspecified atom stereocenters. The number of carbonyl (C=O) groups is 3. The normalized spacial score (nSPS) is 12.5. The van der Waals surface area contributed by atoms with Gasteiger partial charge < -0.3 is 14.2 Å². The molecule has 0 aromatic rings. The van der Waals surface area contributed by atoms with Gasteiger partial charge in [0.25, 0.3) is 0 Å². The monoisotopic (exact) mass is 867 g/mol. The predicted molar refractivity (Wildman–Crippen MR) is 265 cm³/mol. The Hall–Kier alpha value is -2.89. The molecule has 0 aliphatic rings. The summed E-state index contributed by atoms with van der Waals surface area (Å²) in [7, 11) is 0. The molecule has 0 heterocycles. The zero-order chi connectivity index (χ0) is 45.1. The van der Waals surface area contributed by atoms with Crippen LogP contribution in [0.1, 0.15) is 258 Å². The number of allylic oxidation sites excluding steroid dienone is 10. The third kappa shape index (κ3) is 48.1. The van der Waals surface area contributed by atoms with Gasteiger partial charge in [-0.3, -0.25) is 14.4 Å².